The Morgan fingerprint density at radius 1 is 1.03 bits per heavy atom. The number of nitrogens with zero attached hydrogens (tertiary/aromatic N) is 2. The van der Waals surface area contributed by atoms with Crippen LogP contribution in [0.25, 0.3) is 11.0 Å². The van der Waals surface area contributed by atoms with Crippen LogP contribution in [0.4, 0.5) is 4.39 Å². The number of ether oxygens (including phenoxy) is 1. The third kappa shape index (κ3) is 4.51. The molecule has 158 valence electrons. The fourth-order valence-electron chi connectivity index (χ4n) is 3.07. The third-order valence-electron chi connectivity index (χ3n) is 4.51. The van der Waals surface area contributed by atoms with Gasteiger partial charge >= 0.3 is 5.69 Å². The summed E-state index contributed by atoms with van der Waals surface area (Å²) < 4.78 is 21.9. The summed E-state index contributed by atoms with van der Waals surface area (Å²) in [5.41, 5.74) is 5.58. The molecule has 2 aromatic carbocycles. The first kappa shape index (κ1) is 21.1. The Labute approximate surface area is 172 Å². The minimum atomic E-state index is -1.05. The van der Waals surface area contributed by atoms with Crippen molar-refractivity contribution in [1.29, 1.82) is 0 Å². The molecule has 0 saturated carbocycles. The summed E-state index contributed by atoms with van der Waals surface area (Å²) in [4.78, 5) is 37.2. The molecule has 1 heterocycles. The van der Waals surface area contributed by atoms with Crippen molar-refractivity contribution in [2.24, 2.45) is 0 Å². The molecule has 3 rings (SSSR count). The van der Waals surface area contributed by atoms with E-state index in [4.69, 9.17) is 4.74 Å². The van der Waals surface area contributed by atoms with E-state index in [0.717, 1.165) is 11.9 Å². The number of para-hydroxylation sites is 3. The van der Waals surface area contributed by atoms with Gasteiger partial charge in [-0.05, 0) is 37.6 Å². The zero-order valence-corrected chi connectivity index (χ0v) is 16.7. The molecule has 1 atom stereocenters. The number of hydrogen-bond acceptors (Lipinski definition) is 4. The molecular weight excluding hydrogens is 391 g/mol. The van der Waals surface area contributed by atoms with E-state index in [9.17, 15) is 18.8 Å². The molecule has 0 aliphatic heterocycles. The number of carbonyl (C=O) groups excluding carboxylic acids is 2. The highest BCUT2D eigenvalue weighted by molar-refractivity contribution is 5.85. The Kier molecular flexibility index (Phi) is 6.51. The van der Waals surface area contributed by atoms with Crippen LogP contribution in [0, 0.1) is 5.82 Å². The van der Waals surface area contributed by atoms with Crippen molar-refractivity contribution in [3.05, 3.63) is 64.8 Å². The first-order chi connectivity index (χ1) is 14.4. The van der Waals surface area contributed by atoms with Gasteiger partial charge in [0, 0.05) is 6.54 Å². The van der Waals surface area contributed by atoms with E-state index in [0.29, 0.717) is 12.1 Å². The molecule has 0 fully saturated rings. The Balaban J connectivity index is 1.64. The molecule has 2 amide bonds. The van der Waals surface area contributed by atoms with E-state index in [1.165, 1.54) is 29.7 Å². The summed E-state index contributed by atoms with van der Waals surface area (Å²) in [5, 5.41) is 0. The van der Waals surface area contributed by atoms with Crippen molar-refractivity contribution in [3.63, 3.8) is 0 Å². The number of hydrogen-bond donors (Lipinski definition) is 2. The van der Waals surface area contributed by atoms with E-state index in [1.807, 2.05) is 19.1 Å². The number of hydrazine groups is 1. The Morgan fingerprint density at radius 2 is 1.67 bits per heavy atom. The predicted octanol–water partition coefficient (Wildman–Crippen LogP) is 1.97. The lowest BCUT2D eigenvalue weighted by Crippen LogP contribution is -2.48. The number of aromatic nitrogens is 2. The molecular formula is C21H23FN4O4. The van der Waals surface area contributed by atoms with Crippen molar-refractivity contribution < 1.29 is 18.7 Å². The first-order valence-electron chi connectivity index (χ1n) is 9.60. The molecule has 0 radical (unpaired) electrons. The maximum Gasteiger partial charge on any atom is 0.329 e. The van der Waals surface area contributed by atoms with Crippen molar-refractivity contribution in [3.8, 4) is 5.75 Å². The number of benzene rings is 2. The van der Waals surface area contributed by atoms with Crippen LogP contribution >= 0.6 is 0 Å². The van der Waals surface area contributed by atoms with Crippen LogP contribution in [0.1, 0.15) is 20.3 Å². The fourth-order valence-corrected chi connectivity index (χ4v) is 3.07. The lowest BCUT2D eigenvalue weighted by Gasteiger charge is -2.15. The molecule has 8 nitrogen and oxygen atoms in total. The second-order valence-corrected chi connectivity index (χ2v) is 6.74. The van der Waals surface area contributed by atoms with Crippen LogP contribution in [0.15, 0.2) is 53.3 Å². The van der Waals surface area contributed by atoms with Gasteiger partial charge < -0.3 is 4.74 Å². The molecule has 30 heavy (non-hydrogen) atoms. The van der Waals surface area contributed by atoms with Crippen molar-refractivity contribution >= 4 is 22.8 Å². The van der Waals surface area contributed by atoms with Crippen LogP contribution in [0.5, 0.6) is 5.75 Å². The molecule has 3 aromatic rings. The van der Waals surface area contributed by atoms with Crippen LogP contribution in [0.2, 0.25) is 0 Å². The molecule has 1 unspecified atom stereocenters. The van der Waals surface area contributed by atoms with Gasteiger partial charge in [0.05, 0.1) is 11.0 Å². The van der Waals surface area contributed by atoms with E-state index in [-0.39, 0.29) is 18.0 Å². The average Bonchev–Trinajstić information content (AvgIpc) is 3.00. The summed E-state index contributed by atoms with van der Waals surface area (Å²) in [6.45, 7) is 3.66. The Morgan fingerprint density at radius 3 is 2.33 bits per heavy atom. The van der Waals surface area contributed by atoms with Crippen molar-refractivity contribution in [2.75, 3.05) is 0 Å². The molecule has 9 heteroatoms. The monoisotopic (exact) mass is 414 g/mol. The molecule has 0 spiro atoms. The van der Waals surface area contributed by atoms with Gasteiger partial charge in [-0.25, -0.2) is 9.18 Å². The van der Waals surface area contributed by atoms with Gasteiger partial charge in [-0.2, -0.15) is 0 Å². The summed E-state index contributed by atoms with van der Waals surface area (Å²) in [5.74, 6) is -1.90. The van der Waals surface area contributed by atoms with Gasteiger partial charge in [0.25, 0.3) is 11.8 Å². The number of rotatable bonds is 7. The highest BCUT2D eigenvalue weighted by atomic mass is 19.1. The molecule has 0 aliphatic carbocycles. The number of aryl methyl sites for hydroxylation is 1. The Hall–Kier alpha value is -3.62. The summed E-state index contributed by atoms with van der Waals surface area (Å²) in [6, 6.07) is 12.9. The van der Waals surface area contributed by atoms with Gasteiger partial charge in [-0.1, -0.05) is 31.2 Å². The second kappa shape index (κ2) is 9.25. The summed E-state index contributed by atoms with van der Waals surface area (Å²) in [7, 11) is 0. The number of imidazole rings is 1. The molecule has 2 N–H and O–H groups in total. The minimum Gasteiger partial charge on any atom is -0.478 e. The fraction of sp³-hybridized carbons (Fsp3) is 0.286. The lowest BCUT2D eigenvalue weighted by atomic mass is 10.3. The smallest absolute Gasteiger partial charge is 0.329 e. The predicted molar refractivity (Wildman–Crippen MR) is 109 cm³/mol. The molecule has 1 aromatic heterocycles. The zero-order valence-electron chi connectivity index (χ0n) is 16.7. The maximum atomic E-state index is 13.6. The number of nitrogens with one attached hydrogen (secondary N) is 2. The van der Waals surface area contributed by atoms with Crippen molar-refractivity contribution in [2.45, 2.75) is 39.5 Å². The first-order valence-corrected chi connectivity index (χ1v) is 9.60. The highest BCUT2D eigenvalue weighted by Crippen LogP contribution is 2.17. The van der Waals surface area contributed by atoms with Crippen LogP contribution in [-0.2, 0) is 22.7 Å². The van der Waals surface area contributed by atoms with Gasteiger partial charge in [-0.3, -0.25) is 29.6 Å². The highest BCUT2D eigenvalue weighted by Gasteiger charge is 2.18. The van der Waals surface area contributed by atoms with E-state index >= 15 is 0 Å². The summed E-state index contributed by atoms with van der Waals surface area (Å²) >= 11 is 0. The van der Waals surface area contributed by atoms with E-state index < -0.39 is 23.7 Å². The van der Waals surface area contributed by atoms with E-state index in [1.54, 1.807) is 22.8 Å². The summed E-state index contributed by atoms with van der Waals surface area (Å²) in [6.07, 6.45) is -0.271. The topological polar surface area (TPSA) is 94.4 Å². The van der Waals surface area contributed by atoms with Gasteiger partial charge in [0.1, 0.15) is 6.54 Å². The molecule has 0 bridgehead atoms. The van der Waals surface area contributed by atoms with Crippen LogP contribution in [-0.4, -0.2) is 27.1 Å². The van der Waals surface area contributed by atoms with Crippen molar-refractivity contribution in [1.82, 2.24) is 20.0 Å². The van der Waals surface area contributed by atoms with E-state index in [2.05, 4.69) is 10.9 Å². The number of fused-ring (bicyclic) bond motifs is 1. The molecule has 0 saturated heterocycles. The SMILES string of the molecule is CCCn1c(=O)n(CC(=O)NNC(=O)C(C)Oc2ccccc2F)c2ccccc21. The number of halogens is 1. The second-order valence-electron chi connectivity index (χ2n) is 6.74. The zero-order chi connectivity index (χ0) is 21.7. The normalized spacial score (nSPS) is 11.8. The molecule has 0 aliphatic rings. The van der Waals surface area contributed by atoms with Gasteiger partial charge in [0.2, 0.25) is 0 Å². The number of amides is 2. The van der Waals surface area contributed by atoms with Gasteiger partial charge in [-0.15, -0.1) is 0 Å². The lowest BCUT2D eigenvalue weighted by molar-refractivity contribution is -0.133. The minimum absolute atomic E-state index is 0.0678. The van der Waals surface area contributed by atoms with Gasteiger partial charge in [0.15, 0.2) is 17.7 Å². The third-order valence-corrected chi connectivity index (χ3v) is 4.51. The standard InChI is InChI=1S/C21H23FN4O4/c1-3-12-25-16-9-5-6-10-17(16)26(21(25)29)13-19(27)23-24-20(28)14(2)30-18-11-7-4-8-15(18)22/h4-11,14H,3,12-13H2,1-2H3,(H,23,27)(H,24,28). The van der Waals surface area contributed by atoms with Crippen LogP contribution in [0.3, 0.4) is 0 Å². The number of carbonyl (C=O) groups is 2. The Bertz CT molecular complexity index is 1120. The van der Waals surface area contributed by atoms with Crippen LogP contribution < -0.4 is 21.3 Å². The largest absolute Gasteiger partial charge is 0.478 e. The average molecular weight is 414 g/mol. The quantitative estimate of drug-likeness (QED) is 0.578. The maximum absolute atomic E-state index is 13.6.